The number of aryl methyl sites for hydroxylation is 2. The van der Waals surface area contributed by atoms with Gasteiger partial charge in [0.05, 0.1) is 23.8 Å². The summed E-state index contributed by atoms with van der Waals surface area (Å²) in [6.07, 6.45) is 6.33. The van der Waals surface area contributed by atoms with Gasteiger partial charge in [-0.15, -0.1) is 0 Å². The number of carbonyl (C=O) groups is 1. The number of carbonyl (C=O) groups excluding carboxylic acids is 1. The predicted molar refractivity (Wildman–Crippen MR) is 63.7 cm³/mol. The molecular weight excluding hydrogens is 216 g/mol. The molecule has 2 heterocycles. The summed E-state index contributed by atoms with van der Waals surface area (Å²) in [6.45, 7) is 3.69. The Balaban J connectivity index is 2.20. The van der Waals surface area contributed by atoms with Crippen LogP contribution in [0.25, 0.3) is 0 Å². The first kappa shape index (κ1) is 11.2. The van der Waals surface area contributed by atoms with Crippen molar-refractivity contribution >= 4 is 11.6 Å². The van der Waals surface area contributed by atoms with Gasteiger partial charge in [-0.1, -0.05) is 0 Å². The van der Waals surface area contributed by atoms with Crippen LogP contribution in [0, 0.1) is 13.8 Å². The standard InChI is InChI=1S/C12H12N4O/c1-8-3-4-13-6-10(8)16-12(17)11-7-14-5-9(2)15-11/h3-7H,1-2H3,(H,16,17). The molecule has 5 nitrogen and oxygen atoms in total. The fourth-order valence-electron chi connectivity index (χ4n) is 1.35. The van der Waals surface area contributed by atoms with E-state index in [9.17, 15) is 4.79 Å². The smallest absolute Gasteiger partial charge is 0.275 e. The molecular formula is C12H12N4O. The van der Waals surface area contributed by atoms with Gasteiger partial charge in [-0.2, -0.15) is 0 Å². The van der Waals surface area contributed by atoms with Crippen LogP contribution in [0.5, 0.6) is 0 Å². The van der Waals surface area contributed by atoms with Crippen LogP contribution in [-0.4, -0.2) is 20.9 Å². The summed E-state index contributed by atoms with van der Waals surface area (Å²) in [5, 5.41) is 2.75. The summed E-state index contributed by atoms with van der Waals surface area (Å²) in [7, 11) is 0. The number of nitrogens with zero attached hydrogens (tertiary/aromatic N) is 3. The highest BCUT2D eigenvalue weighted by Crippen LogP contribution is 2.12. The molecule has 0 bridgehead atoms. The number of nitrogens with one attached hydrogen (secondary N) is 1. The molecule has 2 aromatic heterocycles. The second-order valence-electron chi connectivity index (χ2n) is 3.69. The summed E-state index contributed by atoms with van der Waals surface area (Å²) < 4.78 is 0. The van der Waals surface area contributed by atoms with Crippen molar-refractivity contribution in [2.75, 3.05) is 5.32 Å². The molecule has 0 aliphatic carbocycles. The van der Waals surface area contributed by atoms with Crippen molar-refractivity contribution in [3.05, 3.63) is 47.8 Å². The average Bonchev–Trinajstić information content (AvgIpc) is 2.32. The Hall–Kier alpha value is -2.30. The van der Waals surface area contributed by atoms with Crippen molar-refractivity contribution in [2.45, 2.75) is 13.8 Å². The number of aromatic nitrogens is 3. The van der Waals surface area contributed by atoms with Crippen LogP contribution in [0.2, 0.25) is 0 Å². The normalized spacial score (nSPS) is 10.0. The molecule has 1 N–H and O–H groups in total. The lowest BCUT2D eigenvalue weighted by Gasteiger charge is -2.06. The van der Waals surface area contributed by atoms with E-state index < -0.39 is 0 Å². The molecule has 0 fully saturated rings. The number of hydrogen-bond acceptors (Lipinski definition) is 4. The predicted octanol–water partition coefficient (Wildman–Crippen LogP) is 1.74. The minimum atomic E-state index is -0.280. The summed E-state index contributed by atoms with van der Waals surface area (Å²) in [5.74, 6) is -0.280. The van der Waals surface area contributed by atoms with Gasteiger partial charge in [0, 0.05) is 12.4 Å². The van der Waals surface area contributed by atoms with Crippen molar-refractivity contribution in [1.29, 1.82) is 0 Å². The summed E-state index contributed by atoms with van der Waals surface area (Å²) in [6, 6.07) is 1.83. The Morgan fingerprint density at radius 1 is 1.18 bits per heavy atom. The van der Waals surface area contributed by atoms with E-state index in [1.807, 2.05) is 13.0 Å². The van der Waals surface area contributed by atoms with Gasteiger partial charge < -0.3 is 5.32 Å². The molecule has 5 heteroatoms. The fraction of sp³-hybridized carbons (Fsp3) is 0.167. The molecule has 2 rings (SSSR count). The quantitative estimate of drug-likeness (QED) is 0.850. The number of anilines is 1. The van der Waals surface area contributed by atoms with Gasteiger partial charge in [-0.25, -0.2) is 4.98 Å². The molecule has 17 heavy (non-hydrogen) atoms. The van der Waals surface area contributed by atoms with E-state index in [4.69, 9.17) is 0 Å². The Labute approximate surface area is 99.0 Å². The maximum atomic E-state index is 11.9. The van der Waals surface area contributed by atoms with E-state index in [0.29, 0.717) is 17.1 Å². The third-order valence-corrected chi connectivity index (χ3v) is 2.27. The topological polar surface area (TPSA) is 67.8 Å². The summed E-state index contributed by atoms with van der Waals surface area (Å²) in [4.78, 5) is 23.9. The van der Waals surface area contributed by atoms with Crippen LogP contribution in [0.4, 0.5) is 5.69 Å². The van der Waals surface area contributed by atoms with Gasteiger partial charge in [0.25, 0.3) is 5.91 Å². The first-order valence-corrected chi connectivity index (χ1v) is 5.17. The Morgan fingerprint density at radius 2 is 2.00 bits per heavy atom. The number of amides is 1. The molecule has 0 saturated carbocycles. The van der Waals surface area contributed by atoms with E-state index in [1.54, 1.807) is 25.5 Å². The van der Waals surface area contributed by atoms with Gasteiger partial charge in [0.2, 0.25) is 0 Å². The van der Waals surface area contributed by atoms with E-state index in [0.717, 1.165) is 5.56 Å². The average molecular weight is 228 g/mol. The largest absolute Gasteiger partial charge is 0.319 e. The highest BCUT2D eigenvalue weighted by molar-refractivity contribution is 6.02. The fourth-order valence-corrected chi connectivity index (χ4v) is 1.35. The van der Waals surface area contributed by atoms with Crippen LogP contribution in [0.1, 0.15) is 21.7 Å². The minimum Gasteiger partial charge on any atom is -0.319 e. The second-order valence-corrected chi connectivity index (χ2v) is 3.69. The highest BCUT2D eigenvalue weighted by atomic mass is 16.1. The Morgan fingerprint density at radius 3 is 2.71 bits per heavy atom. The number of pyridine rings is 1. The number of hydrogen-bond donors (Lipinski definition) is 1. The van der Waals surface area contributed by atoms with Crippen LogP contribution in [-0.2, 0) is 0 Å². The van der Waals surface area contributed by atoms with Crippen LogP contribution < -0.4 is 5.32 Å². The first-order valence-electron chi connectivity index (χ1n) is 5.17. The molecule has 0 unspecified atom stereocenters. The lowest BCUT2D eigenvalue weighted by molar-refractivity contribution is 0.102. The van der Waals surface area contributed by atoms with Crippen LogP contribution >= 0.6 is 0 Å². The monoisotopic (exact) mass is 228 g/mol. The molecule has 0 aliphatic rings. The van der Waals surface area contributed by atoms with Crippen molar-refractivity contribution in [3.63, 3.8) is 0 Å². The van der Waals surface area contributed by atoms with Crippen molar-refractivity contribution < 1.29 is 4.79 Å². The van der Waals surface area contributed by atoms with Crippen molar-refractivity contribution in [2.24, 2.45) is 0 Å². The molecule has 2 aromatic rings. The molecule has 0 aromatic carbocycles. The van der Waals surface area contributed by atoms with Gasteiger partial charge >= 0.3 is 0 Å². The molecule has 86 valence electrons. The maximum absolute atomic E-state index is 11.9. The zero-order chi connectivity index (χ0) is 12.3. The molecule has 0 saturated heterocycles. The van der Waals surface area contributed by atoms with Gasteiger partial charge in [0.15, 0.2) is 0 Å². The van der Waals surface area contributed by atoms with E-state index >= 15 is 0 Å². The number of rotatable bonds is 2. The van der Waals surface area contributed by atoms with E-state index in [-0.39, 0.29) is 5.91 Å². The molecule has 0 atom stereocenters. The molecule has 0 spiro atoms. The molecule has 1 amide bonds. The summed E-state index contributed by atoms with van der Waals surface area (Å²) in [5.41, 5.74) is 2.64. The van der Waals surface area contributed by atoms with Crippen molar-refractivity contribution in [3.8, 4) is 0 Å². The minimum absolute atomic E-state index is 0.280. The zero-order valence-electron chi connectivity index (χ0n) is 9.64. The van der Waals surface area contributed by atoms with E-state index in [2.05, 4.69) is 20.3 Å². The molecule has 0 radical (unpaired) electrons. The first-order chi connectivity index (χ1) is 8.16. The second kappa shape index (κ2) is 4.69. The Kier molecular flexibility index (Phi) is 3.09. The highest BCUT2D eigenvalue weighted by Gasteiger charge is 2.09. The maximum Gasteiger partial charge on any atom is 0.275 e. The van der Waals surface area contributed by atoms with Gasteiger partial charge in [0.1, 0.15) is 5.69 Å². The molecule has 0 aliphatic heterocycles. The lowest BCUT2D eigenvalue weighted by Crippen LogP contribution is -2.15. The van der Waals surface area contributed by atoms with Gasteiger partial charge in [-0.05, 0) is 25.5 Å². The third kappa shape index (κ3) is 2.63. The SMILES string of the molecule is Cc1cncc(C(=O)Nc2cnccc2C)n1. The van der Waals surface area contributed by atoms with Gasteiger partial charge in [-0.3, -0.25) is 14.8 Å². The summed E-state index contributed by atoms with van der Waals surface area (Å²) >= 11 is 0. The Bertz CT molecular complexity index is 554. The lowest BCUT2D eigenvalue weighted by atomic mass is 10.2. The van der Waals surface area contributed by atoms with E-state index in [1.165, 1.54) is 6.20 Å². The third-order valence-electron chi connectivity index (χ3n) is 2.27. The van der Waals surface area contributed by atoms with Crippen LogP contribution in [0.3, 0.4) is 0 Å². The zero-order valence-corrected chi connectivity index (χ0v) is 9.64. The van der Waals surface area contributed by atoms with Crippen molar-refractivity contribution in [1.82, 2.24) is 15.0 Å². The van der Waals surface area contributed by atoms with Crippen LogP contribution in [0.15, 0.2) is 30.9 Å².